The monoisotopic (exact) mass is 282 g/mol. The summed E-state index contributed by atoms with van der Waals surface area (Å²) >= 11 is 0. The fourth-order valence-corrected chi connectivity index (χ4v) is 2.57. The summed E-state index contributed by atoms with van der Waals surface area (Å²) in [6, 6.07) is 1.56. The van der Waals surface area contributed by atoms with E-state index in [1.54, 1.807) is 13.2 Å². The van der Waals surface area contributed by atoms with Crippen molar-refractivity contribution >= 4 is 5.91 Å². The molecular formula is C14H22N2O4. The van der Waals surface area contributed by atoms with Crippen LogP contribution in [0.1, 0.15) is 48.9 Å². The van der Waals surface area contributed by atoms with Gasteiger partial charge in [-0.1, -0.05) is 12.1 Å². The maximum absolute atomic E-state index is 12.2. The lowest BCUT2D eigenvalue weighted by atomic mass is 9.77. The highest BCUT2D eigenvalue weighted by Crippen LogP contribution is 2.31. The molecule has 1 heterocycles. The Balaban J connectivity index is 2.01. The number of ether oxygens (including phenoxy) is 1. The van der Waals surface area contributed by atoms with Gasteiger partial charge in [-0.05, 0) is 31.6 Å². The van der Waals surface area contributed by atoms with Gasteiger partial charge in [0.15, 0.2) is 11.5 Å². The zero-order valence-electron chi connectivity index (χ0n) is 12.0. The summed E-state index contributed by atoms with van der Waals surface area (Å²) in [7, 11) is 1.55. The van der Waals surface area contributed by atoms with Gasteiger partial charge in [0, 0.05) is 13.2 Å². The van der Waals surface area contributed by atoms with Gasteiger partial charge in [-0.25, -0.2) is 0 Å². The quantitative estimate of drug-likeness (QED) is 0.854. The summed E-state index contributed by atoms with van der Waals surface area (Å²) in [6.45, 7) is 2.43. The maximum Gasteiger partial charge on any atom is 0.273 e. The Kier molecular flexibility index (Phi) is 4.77. The van der Waals surface area contributed by atoms with E-state index in [-0.39, 0.29) is 24.8 Å². The van der Waals surface area contributed by atoms with Crippen LogP contribution in [-0.4, -0.2) is 35.4 Å². The van der Waals surface area contributed by atoms with Crippen LogP contribution in [-0.2, 0) is 11.3 Å². The number of nitrogens with one attached hydrogen (secondary N) is 1. The molecule has 0 aromatic carbocycles. The van der Waals surface area contributed by atoms with Gasteiger partial charge in [-0.2, -0.15) is 0 Å². The standard InChI is InChI=1S/C14H22N2O4/c1-10-3-5-14(9-17,6-4-10)15-13(18)12-7-11(8-19-2)20-16-12/h7,10,17H,3-6,8-9H2,1-2H3,(H,15,18). The minimum absolute atomic E-state index is 0.0474. The number of hydrogen-bond acceptors (Lipinski definition) is 5. The first-order chi connectivity index (χ1) is 9.58. The number of carbonyl (C=O) groups excluding carboxylic acids is 1. The zero-order valence-corrected chi connectivity index (χ0v) is 12.0. The molecule has 1 aliphatic carbocycles. The van der Waals surface area contributed by atoms with Crippen LogP contribution in [0.15, 0.2) is 10.6 Å². The number of methoxy groups -OCH3 is 1. The van der Waals surface area contributed by atoms with Crippen LogP contribution in [0, 0.1) is 5.92 Å². The van der Waals surface area contributed by atoms with Gasteiger partial charge in [0.25, 0.3) is 5.91 Å². The molecule has 1 fully saturated rings. The number of carbonyl (C=O) groups is 1. The number of rotatable bonds is 5. The van der Waals surface area contributed by atoms with Crippen molar-refractivity contribution in [3.63, 3.8) is 0 Å². The van der Waals surface area contributed by atoms with Gasteiger partial charge < -0.3 is 19.7 Å². The summed E-state index contributed by atoms with van der Waals surface area (Å²) in [4.78, 5) is 12.2. The molecule has 0 radical (unpaired) electrons. The predicted octanol–water partition coefficient (Wildman–Crippen LogP) is 1.49. The Morgan fingerprint density at radius 2 is 2.30 bits per heavy atom. The summed E-state index contributed by atoms with van der Waals surface area (Å²) in [5.41, 5.74) is -0.298. The van der Waals surface area contributed by atoms with Crippen LogP contribution < -0.4 is 5.32 Å². The lowest BCUT2D eigenvalue weighted by Crippen LogP contribution is -2.53. The molecular weight excluding hydrogens is 260 g/mol. The van der Waals surface area contributed by atoms with Crippen LogP contribution in [0.3, 0.4) is 0 Å². The van der Waals surface area contributed by atoms with Crippen LogP contribution in [0.2, 0.25) is 0 Å². The summed E-state index contributed by atoms with van der Waals surface area (Å²) in [5, 5.41) is 16.3. The molecule has 6 heteroatoms. The van der Waals surface area contributed by atoms with Gasteiger partial charge >= 0.3 is 0 Å². The van der Waals surface area contributed by atoms with Crippen LogP contribution in [0.5, 0.6) is 0 Å². The van der Waals surface area contributed by atoms with E-state index in [4.69, 9.17) is 9.26 Å². The van der Waals surface area contributed by atoms with E-state index in [0.29, 0.717) is 11.7 Å². The number of hydrogen-bond donors (Lipinski definition) is 2. The first-order valence-corrected chi connectivity index (χ1v) is 6.96. The molecule has 0 unspecified atom stereocenters. The molecule has 0 atom stereocenters. The second-order valence-corrected chi connectivity index (χ2v) is 5.69. The number of aliphatic hydroxyl groups excluding tert-OH is 1. The van der Waals surface area contributed by atoms with Gasteiger partial charge in [0.2, 0.25) is 0 Å². The molecule has 1 aromatic heterocycles. The van der Waals surface area contributed by atoms with Crippen molar-refractivity contribution in [3.8, 4) is 0 Å². The number of amides is 1. The van der Waals surface area contributed by atoms with Gasteiger partial charge in [-0.15, -0.1) is 0 Å². The first-order valence-electron chi connectivity index (χ1n) is 6.96. The first kappa shape index (κ1) is 15.0. The molecule has 0 bridgehead atoms. The molecule has 1 amide bonds. The van der Waals surface area contributed by atoms with Crippen molar-refractivity contribution in [3.05, 3.63) is 17.5 Å². The van der Waals surface area contributed by atoms with Crippen molar-refractivity contribution in [1.29, 1.82) is 0 Å². The Hall–Kier alpha value is -1.40. The van der Waals surface area contributed by atoms with E-state index >= 15 is 0 Å². The number of nitrogens with zero attached hydrogens (tertiary/aromatic N) is 1. The molecule has 2 N–H and O–H groups in total. The summed E-state index contributed by atoms with van der Waals surface area (Å²) < 4.78 is 9.92. The molecule has 0 aliphatic heterocycles. The Bertz CT molecular complexity index is 450. The van der Waals surface area contributed by atoms with Crippen molar-refractivity contribution in [2.45, 2.75) is 44.8 Å². The van der Waals surface area contributed by atoms with Gasteiger partial charge in [-0.3, -0.25) is 4.79 Å². The molecule has 0 saturated heterocycles. The van der Waals surface area contributed by atoms with Crippen molar-refractivity contribution in [2.24, 2.45) is 5.92 Å². The highest BCUT2D eigenvalue weighted by Gasteiger charge is 2.35. The van der Waals surface area contributed by atoms with Crippen LogP contribution >= 0.6 is 0 Å². The van der Waals surface area contributed by atoms with E-state index in [2.05, 4.69) is 17.4 Å². The third-order valence-corrected chi connectivity index (χ3v) is 3.99. The molecule has 1 aromatic rings. The second-order valence-electron chi connectivity index (χ2n) is 5.69. The molecule has 6 nitrogen and oxygen atoms in total. The van der Waals surface area contributed by atoms with Crippen molar-refractivity contribution in [1.82, 2.24) is 10.5 Å². The summed E-state index contributed by atoms with van der Waals surface area (Å²) in [5.74, 6) is 0.847. The van der Waals surface area contributed by atoms with E-state index in [0.717, 1.165) is 25.7 Å². The lowest BCUT2D eigenvalue weighted by Gasteiger charge is -2.38. The molecule has 0 spiro atoms. The normalized spacial score (nSPS) is 26.4. The maximum atomic E-state index is 12.2. The minimum Gasteiger partial charge on any atom is -0.394 e. The largest absolute Gasteiger partial charge is 0.394 e. The van der Waals surface area contributed by atoms with Crippen LogP contribution in [0.25, 0.3) is 0 Å². The van der Waals surface area contributed by atoms with Crippen molar-refractivity contribution < 1.29 is 19.2 Å². The number of aliphatic hydroxyl groups is 1. The predicted molar refractivity (Wildman–Crippen MR) is 72.1 cm³/mol. The highest BCUT2D eigenvalue weighted by molar-refractivity contribution is 5.92. The Labute approximate surface area is 118 Å². The third-order valence-electron chi connectivity index (χ3n) is 3.99. The fraction of sp³-hybridized carbons (Fsp3) is 0.714. The van der Waals surface area contributed by atoms with E-state index < -0.39 is 5.54 Å². The minimum atomic E-state index is -0.524. The molecule has 112 valence electrons. The van der Waals surface area contributed by atoms with E-state index in [1.807, 2.05) is 0 Å². The third kappa shape index (κ3) is 3.37. The molecule has 1 saturated carbocycles. The molecule has 1 aliphatic rings. The summed E-state index contributed by atoms with van der Waals surface area (Å²) in [6.07, 6.45) is 3.60. The van der Waals surface area contributed by atoms with E-state index in [9.17, 15) is 9.90 Å². The van der Waals surface area contributed by atoms with Crippen LogP contribution in [0.4, 0.5) is 0 Å². The van der Waals surface area contributed by atoms with E-state index in [1.165, 1.54) is 0 Å². The number of aromatic nitrogens is 1. The van der Waals surface area contributed by atoms with Crippen molar-refractivity contribution in [2.75, 3.05) is 13.7 Å². The Morgan fingerprint density at radius 1 is 1.60 bits per heavy atom. The average Bonchev–Trinajstić information content (AvgIpc) is 2.91. The van der Waals surface area contributed by atoms with Gasteiger partial charge in [0.1, 0.15) is 6.61 Å². The highest BCUT2D eigenvalue weighted by atomic mass is 16.5. The molecule has 2 rings (SSSR count). The second kappa shape index (κ2) is 6.37. The topological polar surface area (TPSA) is 84.6 Å². The lowest BCUT2D eigenvalue weighted by molar-refractivity contribution is 0.0709. The average molecular weight is 282 g/mol. The smallest absolute Gasteiger partial charge is 0.273 e. The Morgan fingerprint density at radius 3 is 2.90 bits per heavy atom. The zero-order chi connectivity index (χ0) is 14.6. The fourth-order valence-electron chi connectivity index (χ4n) is 2.57. The SMILES string of the molecule is COCc1cc(C(=O)NC2(CO)CCC(C)CC2)no1. The molecule has 20 heavy (non-hydrogen) atoms. The van der Waals surface area contributed by atoms with Gasteiger partial charge in [0.05, 0.1) is 12.1 Å².